The number of pyridine rings is 1. The first kappa shape index (κ1) is 15.2. The quantitative estimate of drug-likeness (QED) is 0.835. The fraction of sp³-hybridized carbons (Fsp3) is 0.333. The maximum absolute atomic E-state index is 12.6. The van der Waals surface area contributed by atoms with E-state index in [1.54, 1.807) is 6.20 Å². The van der Waals surface area contributed by atoms with Crippen molar-refractivity contribution in [3.05, 3.63) is 66.0 Å². The number of benzene rings is 1. The van der Waals surface area contributed by atoms with Crippen molar-refractivity contribution in [3.8, 4) is 0 Å². The van der Waals surface area contributed by atoms with Crippen LogP contribution in [0.25, 0.3) is 0 Å². The Bertz CT molecular complexity index is 566. The first-order chi connectivity index (χ1) is 10.1. The van der Waals surface area contributed by atoms with Crippen molar-refractivity contribution in [1.82, 2.24) is 9.88 Å². The van der Waals surface area contributed by atoms with Gasteiger partial charge in [-0.25, -0.2) is 0 Å². The second-order valence-corrected chi connectivity index (χ2v) is 5.54. The summed E-state index contributed by atoms with van der Waals surface area (Å²) in [5.74, 6) is 0.122. The third-order valence-corrected chi connectivity index (χ3v) is 3.56. The Morgan fingerprint density at radius 1 is 1.05 bits per heavy atom. The molecule has 0 radical (unpaired) electrons. The molecule has 0 aliphatic rings. The summed E-state index contributed by atoms with van der Waals surface area (Å²) in [7, 11) is 0. The van der Waals surface area contributed by atoms with Crippen LogP contribution in [0.4, 0.5) is 0 Å². The molecule has 0 aliphatic carbocycles. The lowest BCUT2D eigenvalue weighted by Crippen LogP contribution is -2.36. The highest BCUT2D eigenvalue weighted by atomic mass is 16.2. The second-order valence-electron chi connectivity index (χ2n) is 5.54. The zero-order valence-corrected chi connectivity index (χ0v) is 12.9. The van der Waals surface area contributed by atoms with Gasteiger partial charge in [0.25, 0.3) is 0 Å². The maximum Gasteiger partial charge on any atom is 0.225 e. The van der Waals surface area contributed by atoms with Gasteiger partial charge < -0.3 is 4.90 Å². The van der Waals surface area contributed by atoms with Gasteiger partial charge in [0.1, 0.15) is 0 Å². The van der Waals surface area contributed by atoms with Gasteiger partial charge in [0.2, 0.25) is 5.91 Å². The lowest BCUT2D eigenvalue weighted by Gasteiger charge is -2.30. The summed E-state index contributed by atoms with van der Waals surface area (Å²) in [4.78, 5) is 18.9. The molecule has 2 aromatic rings. The molecule has 110 valence electrons. The molecular formula is C18H22N2O. The van der Waals surface area contributed by atoms with E-state index in [1.165, 1.54) is 0 Å². The van der Waals surface area contributed by atoms with Crippen molar-refractivity contribution in [2.45, 2.75) is 33.4 Å². The lowest BCUT2D eigenvalue weighted by molar-refractivity contribution is -0.137. The number of aromatic nitrogens is 1. The zero-order chi connectivity index (χ0) is 15.2. The Balaban J connectivity index is 2.26. The van der Waals surface area contributed by atoms with E-state index in [0.717, 1.165) is 11.3 Å². The molecule has 0 unspecified atom stereocenters. The summed E-state index contributed by atoms with van der Waals surface area (Å²) in [6.07, 6.45) is 1.77. The number of rotatable bonds is 5. The van der Waals surface area contributed by atoms with Gasteiger partial charge >= 0.3 is 0 Å². The van der Waals surface area contributed by atoms with Crippen molar-refractivity contribution < 1.29 is 4.79 Å². The molecule has 1 heterocycles. The van der Waals surface area contributed by atoms with Gasteiger partial charge in [-0.15, -0.1) is 0 Å². The zero-order valence-electron chi connectivity index (χ0n) is 12.9. The Kier molecular flexibility index (Phi) is 5.09. The summed E-state index contributed by atoms with van der Waals surface area (Å²) >= 11 is 0. The molecule has 1 amide bonds. The van der Waals surface area contributed by atoms with E-state index < -0.39 is 0 Å². The number of hydrogen-bond acceptors (Lipinski definition) is 2. The predicted molar refractivity (Wildman–Crippen MR) is 84.5 cm³/mol. The largest absolute Gasteiger partial charge is 0.330 e. The Morgan fingerprint density at radius 2 is 1.71 bits per heavy atom. The number of nitrogens with zero attached hydrogens (tertiary/aromatic N) is 2. The van der Waals surface area contributed by atoms with Crippen molar-refractivity contribution in [2.75, 3.05) is 0 Å². The minimum atomic E-state index is -0.0405. The third kappa shape index (κ3) is 3.91. The molecule has 0 saturated carbocycles. The Hall–Kier alpha value is -2.16. The van der Waals surface area contributed by atoms with E-state index >= 15 is 0 Å². The maximum atomic E-state index is 12.6. The normalized spacial score (nSPS) is 12.2. The van der Waals surface area contributed by atoms with Crippen LogP contribution >= 0.6 is 0 Å². The molecule has 0 aliphatic heterocycles. The highest BCUT2D eigenvalue weighted by Gasteiger charge is 2.24. The van der Waals surface area contributed by atoms with Crippen molar-refractivity contribution >= 4 is 5.91 Å². The molecular weight excluding hydrogens is 260 g/mol. The summed E-state index contributed by atoms with van der Waals surface area (Å²) in [6, 6.07) is 15.9. The molecule has 0 spiro atoms. The van der Waals surface area contributed by atoms with Crippen LogP contribution in [0.3, 0.4) is 0 Å². The molecule has 2 rings (SSSR count). The van der Waals surface area contributed by atoms with Gasteiger partial charge in [-0.2, -0.15) is 0 Å². The van der Waals surface area contributed by atoms with Crippen LogP contribution in [0.5, 0.6) is 0 Å². The first-order valence-electron chi connectivity index (χ1n) is 7.35. The molecule has 3 heteroatoms. The van der Waals surface area contributed by atoms with Gasteiger partial charge in [0.05, 0.1) is 11.7 Å². The van der Waals surface area contributed by atoms with E-state index in [-0.39, 0.29) is 17.9 Å². The van der Waals surface area contributed by atoms with Crippen LogP contribution in [0, 0.1) is 5.92 Å². The number of amides is 1. The number of carbonyl (C=O) groups excluding carboxylic acids is 1. The fourth-order valence-corrected chi connectivity index (χ4v) is 2.30. The van der Waals surface area contributed by atoms with Gasteiger partial charge in [0.15, 0.2) is 0 Å². The van der Waals surface area contributed by atoms with E-state index in [9.17, 15) is 4.79 Å². The van der Waals surface area contributed by atoms with Crippen LogP contribution < -0.4 is 0 Å². The minimum Gasteiger partial charge on any atom is -0.330 e. The molecule has 0 bridgehead atoms. The Labute approximate surface area is 126 Å². The minimum absolute atomic E-state index is 0.0279. The topological polar surface area (TPSA) is 33.2 Å². The summed E-state index contributed by atoms with van der Waals surface area (Å²) in [6.45, 7) is 6.51. The van der Waals surface area contributed by atoms with Crippen molar-refractivity contribution in [1.29, 1.82) is 0 Å². The average molecular weight is 282 g/mol. The smallest absolute Gasteiger partial charge is 0.225 e. The van der Waals surface area contributed by atoms with E-state index in [1.807, 2.05) is 74.2 Å². The Morgan fingerprint density at radius 3 is 2.29 bits per heavy atom. The van der Waals surface area contributed by atoms with Crippen molar-refractivity contribution in [3.63, 3.8) is 0 Å². The van der Waals surface area contributed by atoms with Crippen LogP contribution in [0.1, 0.15) is 38.1 Å². The van der Waals surface area contributed by atoms with Gasteiger partial charge in [-0.05, 0) is 24.6 Å². The van der Waals surface area contributed by atoms with Crippen LogP contribution in [-0.2, 0) is 11.3 Å². The van der Waals surface area contributed by atoms with E-state index in [2.05, 4.69) is 4.98 Å². The molecule has 0 N–H and O–H groups in total. The summed E-state index contributed by atoms with van der Waals surface area (Å²) < 4.78 is 0. The predicted octanol–water partition coefficient (Wildman–Crippen LogP) is 3.83. The van der Waals surface area contributed by atoms with E-state index in [0.29, 0.717) is 6.54 Å². The van der Waals surface area contributed by atoms with E-state index in [4.69, 9.17) is 0 Å². The molecule has 21 heavy (non-hydrogen) atoms. The fourth-order valence-electron chi connectivity index (χ4n) is 2.30. The lowest BCUT2D eigenvalue weighted by atomic mass is 10.1. The summed E-state index contributed by atoms with van der Waals surface area (Å²) in [5, 5.41) is 0. The van der Waals surface area contributed by atoms with Crippen molar-refractivity contribution in [2.24, 2.45) is 5.92 Å². The second kappa shape index (κ2) is 7.02. The number of carbonyl (C=O) groups is 1. The van der Waals surface area contributed by atoms with Gasteiger partial charge in [-0.3, -0.25) is 9.78 Å². The first-order valence-corrected chi connectivity index (χ1v) is 7.35. The SMILES string of the molecule is CC(C)C(=O)N(Cc1ccccc1)[C@@H](C)c1ccccn1. The summed E-state index contributed by atoms with van der Waals surface area (Å²) in [5.41, 5.74) is 2.05. The molecule has 1 atom stereocenters. The molecule has 0 fully saturated rings. The molecule has 1 aromatic heterocycles. The third-order valence-electron chi connectivity index (χ3n) is 3.56. The van der Waals surface area contributed by atoms with Crippen LogP contribution in [-0.4, -0.2) is 15.8 Å². The van der Waals surface area contributed by atoms with Gasteiger partial charge in [0, 0.05) is 18.7 Å². The monoisotopic (exact) mass is 282 g/mol. The van der Waals surface area contributed by atoms with Crippen LogP contribution in [0.15, 0.2) is 54.7 Å². The highest BCUT2D eigenvalue weighted by Crippen LogP contribution is 2.22. The standard InChI is InChI=1S/C18H22N2O/c1-14(2)18(21)20(13-16-9-5-4-6-10-16)15(3)17-11-7-8-12-19-17/h4-12,14-15H,13H2,1-3H3/t15-/m0/s1. The molecule has 1 aromatic carbocycles. The molecule has 0 saturated heterocycles. The highest BCUT2D eigenvalue weighted by molar-refractivity contribution is 5.78. The van der Waals surface area contributed by atoms with Gasteiger partial charge in [-0.1, -0.05) is 50.2 Å². The average Bonchev–Trinajstić information content (AvgIpc) is 2.53. The van der Waals surface area contributed by atoms with Crippen LogP contribution in [0.2, 0.25) is 0 Å². The number of hydrogen-bond donors (Lipinski definition) is 0. The molecule has 3 nitrogen and oxygen atoms in total.